The minimum Gasteiger partial charge on any atom is -0.489 e. The van der Waals surface area contributed by atoms with Crippen LogP contribution in [0, 0.1) is 11.8 Å². The zero-order valence-electron chi connectivity index (χ0n) is 11.8. The molecule has 1 amide bonds. The lowest BCUT2D eigenvalue weighted by Crippen LogP contribution is -2.31. The standard InChI is InChI=1S/C15H18N2O4/c1-9-7-17(8-11(9)15(19)20)14(18)10-3-2-4-12-13(10)21-6-5-16-12/h2-4,9,11,16H,5-8H2,1H3,(H,19,20)/t9-,11-/m1/s1. The van der Waals surface area contributed by atoms with E-state index in [0.717, 1.165) is 5.69 Å². The largest absolute Gasteiger partial charge is 0.489 e. The average molecular weight is 290 g/mol. The molecule has 0 saturated carbocycles. The molecule has 1 aromatic rings. The fraction of sp³-hybridized carbons (Fsp3) is 0.467. The predicted octanol–water partition coefficient (Wildman–Crippen LogP) is 1.28. The number of hydrogen-bond donors (Lipinski definition) is 2. The molecule has 0 bridgehead atoms. The molecule has 1 fully saturated rings. The van der Waals surface area contributed by atoms with Gasteiger partial charge in [0.15, 0.2) is 5.75 Å². The first-order valence-electron chi connectivity index (χ1n) is 7.09. The van der Waals surface area contributed by atoms with Gasteiger partial charge in [0.1, 0.15) is 6.61 Å². The molecule has 1 saturated heterocycles. The molecule has 2 atom stereocenters. The number of carbonyl (C=O) groups is 2. The molecule has 0 aromatic heterocycles. The number of carboxylic acids is 1. The van der Waals surface area contributed by atoms with E-state index in [1.54, 1.807) is 11.0 Å². The molecule has 6 nitrogen and oxygen atoms in total. The number of fused-ring (bicyclic) bond motifs is 1. The Morgan fingerprint density at radius 2 is 2.19 bits per heavy atom. The second-order valence-corrected chi connectivity index (χ2v) is 5.59. The van der Waals surface area contributed by atoms with Gasteiger partial charge in [-0.05, 0) is 18.1 Å². The Morgan fingerprint density at radius 3 is 2.90 bits per heavy atom. The van der Waals surface area contributed by atoms with Gasteiger partial charge in [0, 0.05) is 19.6 Å². The number of nitrogens with zero attached hydrogens (tertiary/aromatic N) is 1. The summed E-state index contributed by atoms with van der Waals surface area (Å²) < 4.78 is 5.61. The molecule has 2 heterocycles. The van der Waals surface area contributed by atoms with Crippen LogP contribution in [0.15, 0.2) is 18.2 Å². The first kappa shape index (κ1) is 13.7. The van der Waals surface area contributed by atoms with Gasteiger partial charge < -0.3 is 20.1 Å². The first-order chi connectivity index (χ1) is 10.1. The van der Waals surface area contributed by atoms with Crippen molar-refractivity contribution in [1.29, 1.82) is 0 Å². The molecular weight excluding hydrogens is 272 g/mol. The topological polar surface area (TPSA) is 78.9 Å². The monoisotopic (exact) mass is 290 g/mol. The molecule has 0 aliphatic carbocycles. The number of rotatable bonds is 2. The van der Waals surface area contributed by atoms with Crippen molar-refractivity contribution in [1.82, 2.24) is 4.90 Å². The highest BCUT2D eigenvalue weighted by molar-refractivity contribution is 5.99. The Labute approximate surface area is 122 Å². The number of anilines is 1. The van der Waals surface area contributed by atoms with Crippen molar-refractivity contribution in [3.05, 3.63) is 23.8 Å². The molecular formula is C15H18N2O4. The average Bonchev–Trinajstić information content (AvgIpc) is 2.88. The number of ether oxygens (including phenoxy) is 1. The number of hydrogen-bond acceptors (Lipinski definition) is 4. The maximum absolute atomic E-state index is 12.7. The van der Waals surface area contributed by atoms with Gasteiger partial charge in [0.25, 0.3) is 5.91 Å². The van der Waals surface area contributed by atoms with Crippen LogP contribution < -0.4 is 10.1 Å². The molecule has 112 valence electrons. The highest BCUT2D eigenvalue weighted by Gasteiger charge is 2.38. The summed E-state index contributed by atoms with van der Waals surface area (Å²) in [5.41, 5.74) is 1.31. The normalized spacial score (nSPS) is 24.0. The Hall–Kier alpha value is -2.24. The van der Waals surface area contributed by atoms with Crippen LogP contribution >= 0.6 is 0 Å². The summed E-state index contributed by atoms with van der Waals surface area (Å²) in [5, 5.41) is 12.4. The third kappa shape index (κ3) is 2.41. The lowest BCUT2D eigenvalue weighted by atomic mass is 9.99. The minimum absolute atomic E-state index is 0.0370. The van der Waals surface area contributed by atoms with E-state index in [4.69, 9.17) is 4.74 Å². The van der Waals surface area contributed by atoms with Gasteiger partial charge in [-0.15, -0.1) is 0 Å². The van der Waals surface area contributed by atoms with E-state index >= 15 is 0 Å². The van der Waals surface area contributed by atoms with Crippen LogP contribution in [0.5, 0.6) is 5.75 Å². The van der Waals surface area contributed by atoms with Crippen molar-refractivity contribution >= 4 is 17.6 Å². The Kier molecular flexibility index (Phi) is 3.45. The number of carbonyl (C=O) groups excluding carboxylic acids is 1. The molecule has 0 unspecified atom stereocenters. The van der Waals surface area contributed by atoms with Gasteiger partial charge in [-0.3, -0.25) is 9.59 Å². The smallest absolute Gasteiger partial charge is 0.308 e. The summed E-state index contributed by atoms with van der Waals surface area (Å²) in [6.45, 7) is 3.82. The minimum atomic E-state index is -0.842. The number of benzene rings is 1. The van der Waals surface area contributed by atoms with Gasteiger partial charge in [0.2, 0.25) is 0 Å². The van der Waals surface area contributed by atoms with E-state index in [1.807, 2.05) is 19.1 Å². The third-order valence-corrected chi connectivity index (χ3v) is 4.13. The second kappa shape index (κ2) is 5.27. The quantitative estimate of drug-likeness (QED) is 0.858. The molecule has 1 aromatic carbocycles. The number of nitrogens with one attached hydrogen (secondary N) is 1. The van der Waals surface area contributed by atoms with Crippen LogP contribution in [0.25, 0.3) is 0 Å². The predicted molar refractivity (Wildman–Crippen MR) is 76.6 cm³/mol. The van der Waals surface area contributed by atoms with Crippen LogP contribution in [0.2, 0.25) is 0 Å². The van der Waals surface area contributed by atoms with E-state index in [-0.39, 0.29) is 18.4 Å². The van der Waals surface area contributed by atoms with Crippen LogP contribution in [0.3, 0.4) is 0 Å². The second-order valence-electron chi connectivity index (χ2n) is 5.59. The van der Waals surface area contributed by atoms with E-state index in [2.05, 4.69) is 5.32 Å². The van der Waals surface area contributed by atoms with E-state index in [9.17, 15) is 14.7 Å². The number of amides is 1. The highest BCUT2D eigenvalue weighted by Crippen LogP contribution is 2.33. The van der Waals surface area contributed by atoms with Crippen molar-refractivity contribution in [2.24, 2.45) is 11.8 Å². The molecule has 21 heavy (non-hydrogen) atoms. The zero-order valence-corrected chi connectivity index (χ0v) is 11.8. The maximum atomic E-state index is 12.7. The van der Waals surface area contributed by atoms with Crippen molar-refractivity contribution in [3.8, 4) is 5.75 Å². The SMILES string of the molecule is C[C@@H]1CN(C(=O)c2cccc3c2OCCN3)C[C@H]1C(=O)O. The summed E-state index contributed by atoms with van der Waals surface area (Å²) in [6.07, 6.45) is 0. The van der Waals surface area contributed by atoms with Gasteiger partial charge in [-0.1, -0.05) is 13.0 Å². The van der Waals surface area contributed by atoms with Gasteiger partial charge in [-0.2, -0.15) is 0 Å². The van der Waals surface area contributed by atoms with Crippen molar-refractivity contribution in [2.75, 3.05) is 31.6 Å². The summed E-state index contributed by atoms with van der Waals surface area (Å²) in [6, 6.07) is 5.41. The summed E-state index contributed by atoms with van der Waals surface area (Å²) in [7, 11) is 0. The van der Waals surface area contributed by atoms with E-state index in [1.165, 1.54) is 0 Å². The Bertz CT molecular complexity index is 587. The van der Waals surface area contributed by atoms with Gasteiger partial charge in [-0.25, -0.2) is 0 Å². The van der Waals surface area contributed by atoms with E-state index < -0.39 is 11.9 Å². The maximum Gasteiger partial charge on any atom is 0.308 e. The van der Waals surface area contributed by atoms with Gasteiger partial charge in [0.05, 0.1) is 17.2 Å². The molecule has 2 N–H and O–H groups in total. The third-order valence-electron chi connectivity index (χ3n) is 4.13. The number of likely N-dealkylation sites (tertiary alicyclic amines) is 1. The van der Waals surface area contributed by atoms with Crippen molar-refractivity contribution < 1.29 is 19.4 Å². The Balaban J connectivity index is 1.85. The lowest BCUT2D eigenvalue weighted by molar-refractivity contribution is -0.142. The number of aliphatic carboxylic acids is 1. The Morgan fingerprint density at radius 1 is 1.38 bits per heavy atom. The molecule has 3 rings (SSSR count). The fourth-order valence-corrected chi connectivity index (χ4v) is 2.96. The highest BCUT2D eigenvalue weighted by atomic mass is 16.5. The van der Waals surface area contributed by atoms with Crippen LogP contribution in [-0.4, -0.2) is 48.1 Å². The number of para-hydroxylation sites is 1. The van der Waals surface area contributed by atoms with E-state index in [0.29, 0.717) is 31.0 Å². The number of carboxylic acid groups (broad SMARTS) is 1. The van der Waals surface area contributed by atoms with Crippen LogP contribution in [-0.2, 0) is 4.79 Å². The summed E-state index contributed by atoms with van der Waals surface area (Å²) >= 11 is 0. The van der Waals surface area contributed by atoms with Crippen LogP contribution in [0.1, 0.15) is 17.3 Å². The molecule has 2 aliphatic heterocycles. The van der Waals surface area contributed by atoms with Crippen LogP contribution in [0.4, 0.5) is 5.69 Å². The van der Waals surface area contributed by atoms with Gasteiger partial charge >= 0.3 is 5.97 Å². The summed E-state index contributed by atoms with van der Waals surface area (Å²) in [5.74, 6) is -0.963. The lowest BCUT2D eigenvalue weighted by Gasteiger charge is -2.23. The first-order valence-corrected chi connectivity index (χ1v) is 7.09. The molecule has 2 aliphatic rings. The molecule has 6 heteroatoms. The zero-order chi connectivity index (χ0) is 15.0. The fourth-order valence-electron chi connectivity index (χ4n) is 2.96. The molecule has 0 spiro atoms. The summed E-state index contributed by atoms with van der Waals surface area (Å²) in [4.78, 5) is 25.4. The molecule has 0 radical (unpaired) electrons. The van der Waals surface area contributed by atoms with Crippen molar-refractivity contribution in [2.45, 2.75) is 6.92 Å². The van der Waals surface area contributed by atoms with Crippen molar-refractivity contribution in [3.63, 3.8) is 0 Å².